The summed E-state index contributed by atoms with van der Waals surface area (Å²) in [6.45, 7) is 13.2. The van der Waals surface area contributed by atoms with Gasteiger partial charge in [-0.3, -0.25) is 0 Å². The maximum atomic E-state index is 6.10. The zero-order valence-electron chi connectivity index (χ0n) is 12.3. The molecule has 1 aromatic heterocycles. The van der Waals surface area contributed by atoms with Crippen LogP contribution in [0.4, 0.5) is 5.82 Å². The van der Waals surface area contributed by atoms with Crippen molar-refractivity contribution in [2.75, 3.05) is 5.32 Å². The predicted molar refractivity (Wildman–Crippen MR) is 78.2 cm³/mol. The largest absolute Gasteiger partial charge is 0.365 e. The SMILES string of the molecule is CCc1c(Cl)ncnc1NC(C)(C)CC(C)(C)C. The van der Waals surface area contributed by atoms with Crippen molar-refractivity contribution in [1.82, 2.24) is 9.97 Å². The molecule has 1 rings (SSSR count). The fraction of sp³-hybridized carbons (Fsp3) is 0.714. The number of aromatic nitrogens is 2. The Morgan fingerprint density at radius 3 is 2.28 bits per heavy atom. The molecule has 0 aliphatic rings. The molecule has 0 aliphatic heterocycles. The monoisotopic (exact) mass is 269 g/mol. The highest BCUT2D eigenvalue weighted by atomic mass is 35.5. The first-order valence-electron chi connectivity index (χ1n) is 6.42. The first-order chi connectivity index (χ1) is 8.14. The van der Waals surface area contributed by atoms with Crippen LogP contribution in [0.25, 0.3) is 0 Å². The van der Waals surface area contributed by atoms with E-state index in [0.717, 1.165) is 24.2 Å². The Balaban J connectivity index is 2.93. The van der Waals surface area contributed by atoms with Gasteiger partial charge in [-0.25, -0.2) is 9.97 Å². The van der Waals surface area contributed by atoms with Gasteiger partial charge in [-0.2, -0.15) is 0 Å². The van der Waals surface area contributed by atoms with E-state index < -0.39 is 0 Å². The van der Waals surface area contributed by atoms with Crippen LogP contribution in [-0.4, -0.2) is 15.5 Å². The number of hydrogen-bond acceptors (Lipinski definition) is 3. The molecule has 0 bridgehead atoms. The van der Waals surface area contributed by atoms with Crippen molar-refractivity contribution < 1.29 is 0 Å². The van der Waals surface area contributed by atoms with E-state index in [0.29, 0.717) is 5.15 Å². The van der Waals surface area contributed by atoms with Gasteiger partial charge in [0.15, 0.2) is 0 Å². The average molecular weight is 270 g/mol. The zero-order chi connectivity index (χ0) is 14.0. The lowest BCUT2D eigenvalue weighted by Gasteiger charge is -2.34. The summed E-state index contributed by atoms with van der Waals surface area (Å²) in [5.41, 5.74) is 1.22. The van der Waals surface area contributed by atoms with Crippen LogP contribution in [0.15, 0.2) is 6.33 Å². The van der Waals surface area contributed by atoms with Crippen molar-refractivity contribution in [3.05, 3.63) is 17.0 Å². The van der Waals surface area contributed by atoms with Crippen molar-refractivity contribution in [2.45, 2.75) is 59.9 Å². The van der Waals surface area contributed by atoms with E-state index in [1.54, 1.807) is 0 Å². The second kappa shape index (κ2) is 5.43. The van der Waals surface area contributed by atoms with Crippen LogP contribution in [0.1, 0.15) is 53.5 Å². The van der Waals surface area contributed by atoms with Crippen LogP contribution in [0.2, 0.25) is 5.15 Å². The predicted octanol–water partition coefficient (Wildman–Crippen LogP) is 4.32. The molecule has 0 aliphatic carbocycles. The summed E-state index contributed by atoms with van der Waals surface area (Å²) in [4.78, 5) is 8.35. The topological polar surface area (TPSA) is 37.8 Å². The normalized spacial score (nSPS) is 12.6. The molecule has 0 saturated heterocycles. The summed E-state index contributed by atoms with van der Waals surface area (Å²) in [6.07, 6.45) is 3.38. The van der Waals surface area contributed by atoms with E-state index in [4.69, 9.17) is 11.6 Å². The highest BCUT2D eigenvalue weighted by molar-refractivity contribution is 6.30. The molecular weight excluding hydrogens is 246 g/mol. The molecule has 18 heavy (non-hydrogen) atoms. The number of halogens is 1. The van der Waals surface area contributed by atoms with Crippen molar-refractivity contribution >= 4 is 17.4 Å². The highest BCUT2D eigenvalue weighted by Gasteiger charge is 2.26. The summed E-state index contributed by atoms with van der Waals surface area (Å²) in [5, 5.41) is 4.04. The zero-order valence-corrected chi connectivity index (χ0v) is 13.0. The first-order valence-corrected chi connectivity index (χ1v) is 6.80. The molecule has 0 saturated carbocycles. The van der Waals surface area contributed by atoms with E-state index >= 15 is 0 Å². The van der Waals surface area contributed by atoms with Gasteiger partial charge in [0.05, 0.1) is 0 Å². The number of nitrogens with one attached hydrogen (secondary N) is 1. The summed E-state index contributed by atoms with van der Waals surface area (Å²) in [5.74, 6) is 0.853. The second-order valence-electron chi connectivity index (χ2n) is 6.59. The minimum Gasteiger partial charge on any atom is -0.365 e. The molecule has 1 N–H and O–H groups in total. The number of nitrogens with zero attached hydrogens (tertiary/aromatic N) is 2. The molecule has 0 spiro atoms. The minimum absolute atomic E-state index is 0.0279. The molecule has 102 valence electrons. The molecule has 0 fully saturated rings. The van der Waals surface area contributed by atoms with E-state index in [1.165, 1.54) is 6.33 Å². The van der Waals surface area contributed by atoms with Gasteiger partial charge >= 0.3 is 0 Å². The molecule has 3 nitrogen and oxygen atoms in total. The molecule has 1 heterocycles. The van der Waals surface area contributed by atoms with E-state index in [2.05, 4.69) is 56.8 Å². The quantitative estimate of drug-likeness (QED) is 0.828. The van der Waals surface area contributed by atoms with Gasteiger partial charge in [0.1, 0.15) is 17.3 Å². The van der Waals surface area contributed by atoms with Gasteiger partial charge in [0, 0.05) is 11.1 Å². The first kappa shape index (κ1) is 15.2. The Labute approximate surface area is 115 Å². The maximum absolute atomic E-state index is 6.10. The number of anilines is 1. The van der Waals surface area contributed by atoms with Crippen molar-refractivity contribution in [3.8, 4) is 0 Å². The van der Waals surface area contributed by atoms with Crippen LogP contribution in [-0.2, 0) is 6.42 Å². The van der Waals surface area contributed by atoms with Gasteiger partial charge in [-0.15, -0.1) is 0 Å². The van der Waals surface area contributed by atoms with Crippen LogP contribution < -0.4 is 5.32 Å². The Morgan fingerprint density at radius 1 is 1.17 bits per heavy atom. The van der Waals surface area contributed by atoms with Crippen LogP contribution in [0.3, 0.4) is 0 Å². The molecule has 4 heteroatoms. The summed E-state index contributed by atoms with van der Waals surface area (Å²) in [7, 11) is 0. The van der Waals surface area contributed by atoms with Gasteiger partial charge in [0.2, 0.25) is 0 Å². The molecule has 0 aromatic carbocycles. The van der Waals surface area contributed by atoms with Crippen molar-refractivity contribution in [2.24, 2.45) is 5.41 Å². The number of rotatable bonds is 4. The summed E-state index contributed by atoms with van der Waals surface area (Å²) >= 11 is 6.10. The van der Waals surface area contributed by atoms with Crippen LogP contribution in [0.5, 0.6) is 0 Å². The second-order valence-corrected chi connectivity index (χ2v) is 6.95. The molecule has 1 aromatic rings. The third-order valence-electron chi connectivity index (χ3n) is 2.68. The Bertz CT molecular complexity index is 408. The third-order valence-corrected chi connectivity index (χ3v) is 3.00. The maximum Gasteiger partial charge on any atom is 0.137 e. The van der Waals surface area contributed by atoms with E-state index in [1.807, 2.05) is 0 Å². The molecule has 0 unspecified atom stereocenters. The fourth-order valence-corrected chi connectivity index (χ4v) is 2.77. The minimum atomic E-state index is -0.0279. The average Bonchev–Trinajstić information content (AvgIpc) is 2.13. The van der Waals surface area contributed by atoms with Gasteiger partial charge in [-0.1, -0.05) is 39.3 Å². The third kappa shape index (κ3) is 4.45. The highest BCUT2D eigenvalue weighted by Crippen LogP contribution is 2.31. The van der Waals surface area contributed by atoms with Crippen LogP contribution in [0, 0.1) is 5.41 Å². The molecule has 0 atom stereocenters. The Hall–Kier alpha value is -0.830. The molecular formula is C14H24ClN3. The Kier molecular flexibility index (Phi) is 4.60. The Morgan fingerprint density at radius 2 is 1.78 bits per heavy atom. The standard InChI is InChI=1S/C14H24ClN3/c1-7-10-11(15)16-9-17-12(10)18-14(5,6)8-13(2,3)4/h9H,7-8H2,1-6H3,(H,16,17,18). The van der Waals surface area contributed by atoms with Gasteiger partial charge < -0.3 is 5.32 Å². The molecule has 0 amide bonds. The fourth-order valence-electron chi connectivity index (χ4n) is 2.50. The van der Waals surface area contributed by atoms with Gasteiger partial charge in [-0.05, 0) is 32.1 Å². The van der Waals surface area contributed by atoms with E-state index in [-0.39, 0.29) is 11.0 Å². The van der Waals surface area contributed by atoms with E-state index in [9.17, 15) is 0 Å². The summed E-state index contributed by atoms with van der Waals surface area (Å²) in [6, 6.07) is 0. The molecule has 0 radical (unpaired) electrons. The van der Waals surface area contributed by atoms with Gasteiger partial charge in [0.25, 0.3) is 0 Å². The lowest BCUT2D eigenvalue weighted by atomic mass is 9.82. The number of hydrogen-bond donors (Lipinski definition) is 1. The van der Waals surface area contributed by atoms with Crippen LogP contribution >= 0.6 is 11.6 Å². The van der Waals surface area contributed by atoms with Crippen molar-refractivity contribution in [1.29, 1.82) is 0 Å². The smallest absolute Gasteiger partial charge is 0.137 e. The lowest BCUT2D eigenvalue weighted by molar-refractivity contribution is 0.302. The lowest BCUT2D eigenvalue weighted by Crippen LogP contribution is -2.36. The summed E-state index contributed by atoms with van der Waals surface area (Å²) < 4.78 is 0. The van der Waals surface area contributed by atoms with Crippen molar-refractivity contribution in [3.63, 3.8) is 0 Å².